The number of hydrogen-bond donors (Lipinski definition) is 1. The van der Waals surface area contributed by atoms with Gasteiger partial charge in [0.25, 0.3) is 0 Å². The topological polar surface area (TPSA) is 86.6 Å². The van der Waals surface area contributed by atoms with Crippen LogP contribution >= 0.6 is 11.5 Å². The molecule has 1 N–H and O–H groups in total. The number of piperidine rings is 1. The van der Waals surface area contributed by atoms with E-state index in [0.29, 0.717) is 12.2 Å². The maximum atomic E-state index is 13.0. The number of aromatic nitrogens is 2. The number of phenols is 1. The number of anilines is 1. The highest BCUT2D eigenvalue weighted by molar-refractivity contribution is 7.93. The van der Waals surface area contributed by atoms with Crippen molar-refractivity contribution in [3.63, 3.8) is 0 Å². The number of hydrogen-bond acceptors (Lipinski definition) is 7. The molecule has 33 heavy (non-hydrogen) atoms. The Morgan fingerprint density at radius 2 is 2.09 bits per heavy atom. The van der Waals surface area contributed by atoms with Crippen molar-refractivity contribution in [3.05, 3.63) is 59.1 Å². The van der Waals surface area contributed by atoms with Crippen molar-refractivity contribution in [1.29, 1.82) is 0 Å². The first-order valence-electron chi connectivity index (χ1n) is 11.2. The zero-order chi connectivity index (χ0) is 23.2. The van der Waals surface area contributed by atoms with Gasteiger partial charge in [0.05, 0.1) is 17.0 Å². The van der Waals surface area contributed by atoms with Crippen molar-refractivity contribution < 1.29 is 13.5 Å². The molecule has 2 atom stereocenters. The number of pyridine rings is 1. The van der Waals surface area contributed by atoms with E-state index in [2.05, 4.69) is 21.2 Å². The van der Waals surface area contributed by atoms with Crippen molar-refractivity contribution in [1.82, 2.24) is 14.3 Å². The average Bonchev–Trinajstić information content (AvgIpc) is 3.32. The number of phenolic OH excluding ortho intramolecular Hbond substituents is 1. The van der Waals surface area contributed by atoms with Crippen molar-refractivity contribution in [2.24, 2.45) is 0 Å². The van der Waals surface area contributed by atoms with Crippen LogP contribution in [-0.2, 0) is 16.6 Å². The lowest BCUT2D eigenvalue weighted by Crippen LogP contribution is -2.56. The van der Waals surface area contributed by atoms with E-state index >= 15 is 0 Å². The lowest BCUT2D eigenvalue weighted by atomic mass is 9.81. The van der Waals surface area contributed by atoms with E-state index in [1.165, 1.54) is 11.5 Å². The first kappa shape index (κ1) is 22.3. The van der Waals surface area contributed by atoms with Gasteiger partial charge in [-0.15, -0.1) is 0 Å². The first-order valence-corrected chi connectivity index (χ1v) is 13.7. The lowest BCUT2D eigenvalue weighted by Gasteiger charge is -2.47. The maximum absolute atomic E-state index is 13.0. The summed E-state index contributed by atoms with van der Waals surface area (Å²) in [5.41, 5.74) is 3.33. The van der Waals surface area contributed by atoms with Gasteiger partial charge in [-0.3, -0.25) is 4.90 Å². The average molecular weight is 485 g/mol. The fraction of sp³-hybridized carbons (Fsp3) is 0.417. The van der Waals surface area contributed by atoms with Gasteiger partial charge in [0.2, 0.25) is 10.0 Å². The van der Waals surface area contributed by atoms with Gasteiger partial charge in [-0.1, -0.05) is 12.1 Å². The van der Waals surface area contributed by atoms with Gasteiger partial charge in [0.15, 0.2) is 0 Å². The molecular weight excluding hydrogens is 456 g/mol. The van der Waals surface area contributed by atoms with Gasteiger partial charge >= 0.3 is 0 Å². The van der Waals surface area contributed by atoms with Crippen LogP contribution in [0.15, 0.2) is 48.0 Å². The van der Waals surface area contributed by atoms with Crippen LogP contribution in [0.5, 0.6) is 5.75 Å². The van der Waals surface area contributed by atoms with E-state index in [1.54, 1.807) is 22.6 Å². The fourth-order valence-electron chi connectivity index (χ4n) is 5.32. The summed E-state index contributed by atoms with van der Waals surface area (Å²) in [6, 6.07) is 11.4. The fourth-order valence-corrected chi connectivity index (χ4v) is 8.05. The summed E-state index contributed by atoms with van der Waals surface area (Å²) in [4.78, 5) is 6.77. The molecule has 174 valence electrons. The van der Waals surface area contributed by atoms with Crippen LogP contribution in [0.2, 0.25) is 0 Å². The summed E-state index contributed by atoms with van der Waals surface area (Å²) in [5, 5.41) is 12.4. The predicted molar refractivity (Wildman–Crippen MR) is 131 cm³/mol. The van der Waals surface area contributed by atoms with Crippen LogP contribution in [0.1, 0.15) is 37.3 Å². The summed E-state index contributed by atoms with van der Waals surface area (Å²) in [6.45, 7) is 5.71. The molecule has 2 aliphatic rings. The summed E-state index contributed by atoms with van der Waals surface area (Å²) in [5.74, 6) is 0.933. The molecule has 2 aromatic heterocycles. The third kappa shape index (κ3) is 4.02. The number of aryl methyl sites for hydroxylation is 1. The second-order valence-electron chi connectivity index (χ2n) is 9.21. The molecule has 0 amide bonds. The van der Waals surface area contributed by atoms with Gasteiger partial charge in [-0.2, -0.15) is 4.37 Å². The lowest BCUT2D eigenvalue weighted by molar-refractivity contribution is 0.102. The standard InChI is InChI=1S/C24H28N4O3S2/c1-17-16-32-26-23(17)20-13-19(6-7-21(20)29)15-27-11-8-24(14-18(27)2)9-12-33(30,31)28(24)22-5-3-4-10-25-22/h3-7,10,13,16,18,29H,8-9,11-12,14-15H2,1-2H3/t18-,24-/m0/s1. The summed E-state index contributed by atoms with van der Waals surface area (Å²) < 4.78 is 32.0. The first-order chi connectivity index (χ1) is 15.8. The van der Waals surface area contributed by atoms with Crippen LogP contribution in [0, 0.1) is 6.92 Å². The molecule has 9 heteroatoms. The Labute approximate surface area is 198 Å². The van der Waals surface area contributed by atoms with Crippen LogP contribution in [-0.4, -0.2) is 51.7 Å². The van der Waals surface area contributed by atoms with E-state index < -0.39 is 15.6 Å². The van der Waals surface area contributed by atoms with Gasteiger partial charge < -0.3 is 5.11 Å². The van der Waals surface area contributed by atoms with Crippen LogP contribution in [0.4, 0.5) is 5.82 Å². The van der Waals surface area contributed by atoms with E-state index in [-0.39, 0.29) is 17.5 Å². The van der Waals surface area contributed by atoms with Crippen LogP contribution in [0.25, 0.3) is 11.3 Å². The molecule has 1 spiro atoms. The monoisotopic (exact) mass is 484 g/mol. The van der Waals surface area contributed by atoms with E-state index in [1.807, 2.05) is 36.6 Å². The molecule has 7 nitrogen and oxygen atoms in total. The van der Waals surface area contributed by atoms with Crippen LogP contribution < -0.4 is 4.31 Å². The third-order valence-corrected chi connectivity index (χ3v) is 9.60. The zero-order valence-corrected chi connectivity index (χ0v) is 20.4. The van der Waals surface area contributed by atoms with E-state index in [9.17, 15) is 13.5 Å². The summed E-state index contributed by atoms with van der Waals surface area (Å²) in [7, 11) is -3.37. The van der Waals surface area contributed by atoms with E-state index in [4.69, 9.17) is 0 Å². The molecule has 4 heterocycles. The molecule has 0 unspecified atom stereocenters. The SMILES string of the molecule is Cc1csnc1-c1cc(CN2CC[C@]3(CCS(=O)(=O)N3c3ccccn3)C[C@@H]2C)ccc1O. The molecule has 0 radical (unpaired) electrons. The quantitative estimate of drug-likeness (QED) is 0.598. The van der Waals surface area contributed by atoms with Crippen molar-refractivity contribution >= 4 is 27.4 Å². The molecule has 0 bridgehead atoms. The smallest absolute Gasteiger partial charge is 0.236 e. The second-order valence-corrected chi connectivity index (χ2v) is 11.8. The third-order valence-electron chi connectivity index (χ3n) is 7.00. The highest BCUT2D eigenvalue weighted by Gasteiger charge is 2.53. The van der Waals surface area contributed by atoms with Gasteiger partial charge in [0.1, 0.15) is 11.6 Å². The number of benzene rings is 1. The predicted octanol–water partition coefficient (Wildman–Crippen LogP) is 4.18. The largest absolute Gasteiger partial charge is 0.507 e. The Kier molecular flexibility index (Phi) is 5.66. The molecule has 2 saturated heterocycles. The minimum absolute atomic E-state index is 0.171. The summed E-state index contributed by atoms with van der Waals surface area (Å²) >= 11 is 1.39. The Morgan fingerprint density at radius 1 is 1.24 bits per heavy atom. The Hall–Kier alpha value is -2.49. The van der Waals surface area contributed by atoms with Gasteiger partial charge in [0, 0.05) is 36.3 Å². The van der Waals surface area contributed by atoms with Gasteiger partial charge in [-0.05, 0) is 80.0 Å². The Bertz CT molecular complexity index is 1260. The molecular formula is C24H28N4O3S2. The molecule has 3 aromatic rings. The maximum Gasteiger partial charge on any atom is 0.236 e. The van der Waals surface area contributed by atoms with Crippen molar-refractivity contribution in [2.45, 2.75) is 51.2 Å². The molecule has 2 fully saturated rings. The molecule has 0 aliphatic carbocycles. The van der Waals surface area contributed by atoms with Crippen molar-refractivity contribution in [3.8, 4) is 17.0 Å². The summed E-state index contributed by atoms with van der Waals surface area (Å²) in [6.07, 6.45) is 3.82. The highest BCUT2D eigenvalue weighted by atomic mass is 32.2. The normalized spacial score (nSPS) is 25.0. The van der Waals surface area contributed by atoms with Gasteiger partial charge in [-0.25, -0.2) is 17.7 Å². The highest BCUT2D eigenvalue weighted by Crippen LogP contribution is 2.44. The number of aromatic hydroxyl groups is 1. The number of rotatable bonds is 4. The number of sulfonamides is 1. The number of nitrogens with zero attached hydrogens (tertiary/aromatic N) is 4. The second kappa shape index (κ2) is 8.38. The molecule has 1 aromatic carbocycles. The zero-order valence-electron chi connectivity index (χ0n) is 18.8. The van der Waals surface area contributed by atoms with E-state index in [0.717, 1.165) is 48.3 Å². The minimum Gasteiger partial charge on any atom is -0.507 e. The number of likely N-dealkylation sites (tertiary alicyclic amines) is 1. The molecule has 5 rings (SSSR count). The van der Waals surface area contributed by atoms with Crippen molar-refractivity contribution in [2.75, 3.05) is 16.6 Å². The minimum atomic E-state index is -3.37. The molecule has 0 saturated carbocycles. The Morgan fingerprint density at radius 3 is 2.79 bits per heavy atom. The Balaban J connectivity index is 1.37. The molecule has 2 aliphatic heterocycles. The van der Waals surface area contributed by atoms with Crippen LogP contribution in [0.3, 0.4) is 0 Å².